The molecule has 8 nitrogen and oxygen atoms in total. The summed E-state index contributed by atoms with van der Waals surface area (Å²) in [4.78, 5) is 28.0. The number of amides is 2. The highest BCUT2D eigenvalue weighted by molar-refractivity contribution is 5.93. The minimum absolute atomic E-state index is 0.115. The zero-order valence-corrected chi connectivity index (χ0v) is 15.9. The molecule has 0 saturated carbocycles. The number of furan rings is 1. The Bertz CT molecular complexity index is 942. The van der Waals surface area contributed by atoms with Crippen LogP contribution in [0.15, 0.2) is 65.5 Å². The molecule has 3 rings (SSSR count). The van der Waals surface area contributed by atoms with Crippen LogP contribution in [0.4, 0.5) is 5.69 Å². The number of pyridine rings is 1. The fraction of sp³-hybridized carbons (Fsp3) is 0.190. The van der Waals surface area contributed by atoms with E-state index in [4.69, 9.17) is 13.9 Å². The van der Waals surface area contributed by atoms with Crippen LogP contribution in [0.3, 0.4) is 0 Å². The summed E-state index contributed by atoms with van der Waals surface area (Å²) < 4.78 is 16.1. The molecule has 8 heteroatoms. The van der Waals surface area contributed by atoms with Gasteiger partial charge in [0, 0.05) is 42.7 Å². The van der Waals surface area contributed by atoms with E-state index in [1.807, 2.05) is 12.1 Å². The second kappa shape index (κ2) is 9.93. The quantitative estimate of drug-likeness (QED) is 0.577. The number of methoxy groups -OCH3 is 1. The van der Waals surface area contributed by atoms with Crippen molar-refractivity contribution < 1.29 is 23.5 Å². The highest BCUT2D eigenvalue weighted by Gasteiger charge is 2.11. The number of ether oxygens (including phenoxy) is 2. The molecular formula is C21H21N3O5. The van der Waals surface area contributed by atoms with Crippen LogP contribution in [0.25, 0.3) is 0 Å². The first-order chi connectivity index (χ1) is 14.2. The number of benzene rings is 1. The second-order valence-electron chi connectivity index (χ2n) is 6.05. The first kappa shape index (κ1) is 19.9. The molecule has 0 aliphatic heterocycles. The Morgan fingerprint density at radius 3 is 2.76 bits per heavy atom. The van der Waals surface area contributed by atoms with Crippen molar-refractivity contribution in [2.75, 3.05) is 19.0 Å². The van der Waals surface area contributed by atoms with Crippen molar-refractivity contribution in [1.29, 1.82) is 0 Å². The van der Waals surface area contributed by atoms with Crippen LogP contribution in [0.5, 0.6) is 11.5 Å². The number of nitrogens with zero attached hydrogens (tertiary/aromatic N) is 1. The summed E-state index contributed by atoms with van der Waals surface area (Å²) in [6, 6.07) is 12.0. The van der Waals surface area contributed by atoms with Crippen molar-refractivity contribution in [3.8, 4) is 11.5 Å². The Labute approximate surface area is 167 Å². The topological polar surface area (TPSA) is 103 Å². The zero-order valence-electron chi connectivity index (χ0n) is 15.9. The van der Waals surface area contributed by atoms with E-state index >= 15 is 0 Å². The van der Waals surface area contributed by atoms with Crippen molar-refractivity contribution in [2.24, 2.45) is 0 Å². The highest BCUT2D eigenvalue weighted by Crippen LogP contribution is 2.31. The van der Waals surface area contributed by atoms with E-state index in [9.17, 15) is 9.59 Å². The molecule has 0 aliphatic carbocycles. The van der Waals surface area contributed by atoms with Gasteiger partial charge in [-0.25, -0.2) is 0 Å². The maximum absolute atomic E-state index is 12.2. The van der Waals surface area contributed by atoms with Gasteiger partial charge >= 0.3 is 0 Å². The summed E-state index contributed by atoms with van der Waals surface area (Å²) >= 11 is 0. The normalized spacial score (nSPS) is 10.2. The summed E-state index contributed by atoms with van der Waals surface area (Å²) in [5.74, 6) is 0.653. The Hall–Kier alpha value is -3.81. The number of hydrogen-bond acceptors (Lipinski definition) is 6. The van der Waals surface area contributed by atoms with E-state index in [1.165, 1.54) is 6.26 Å². The maximum atomic E-state index is 12.2. The zero-order chi connectivity index (χ0) is 20.5. The van der Waals surface area contributed by atoms with Gasteiger partial charge in [-0.3, -0.25) is 14.6 Å². The van der Waals surface area contributed by atoms with Gasteiger partial charge in [-0.2, -0.15) is 0 Å². The van der Waals surface area contributed by atoms with Crippen molar-refractivity contribution in [1.82, 2.24) is 10.3 Å². The molecule has 1 aromatic carbocycles. The van der Waals surface area contributed by atoms with Crippen LogP contribution in [-0.2, 0) is 11.4 Å². The fourth-order valence-electron chi connectivity index (χ4n) is 2.52. The van der Waals surface area contributed by atoms with Crippen LogP contribution in [-0.4, -0.2) is 30.5 Å². The Morgan fingerprint density at radius 1 is 1.14 bits per heavy atom. The SMILES string of the molecule is COc1ccc(NC(=O)CCNC(=O)c2ccco2)cc1OCc1cccnc1. The molecule has 2 aromatic heterocycles. The van der Waals surface area contributed by atoms with Gasteiger partial charge < -0.3 is 24.5 Å². The van der Waals surface area contributed by atoms with Gasteiger partial charge in [-0.1, -0.05) is 6.07 Å². The van der Waals surface area contributed by atoms with E-state index in [1.54, 1.807) is 49.8 Å². The van der Waals surface area contributed by atoms with Gasteiger partial charge in [0.1, 0.15) is 6.61 Å². The van der Waals surface area contributed by atoms with Crippen LogP contribution in [0.1, 0.15) is 22.5 Å². The lowest BCUT2D eigenvalue weighted by molar-refractivity contribution is -0.116. The van der Waals surface area contributed by atoms with E-state index in [0.717, 1.165) is 5.56 Å². The number of rotatable bonds is 9. The second-order valence-corrected chi connectivity index (χ2v) is 6.05. The average Bonchev–Trinajstić information content (AvgIpc) is 3.28. The molecular weight excluding hydrogens is 374 g/mol. The summed E-state index contributed by atoms with van der Waals surface area (Å²) in [6.45, 7) is 0.506. The molecule has 0 spiro atoms. The molecule has 0 saturated heterocycles. The maximum Gasteiger partial charge on any atom is 0.286 e. The minimum atomic E-state index is -0.363. The molecule has 3 aromatic rings. The van der Waals surface area contributed by atoms with Gasteiger partial charge in [0.05, 0.1) is 13.4 Å². The first-order valence-corrected chi connectivity index (χ1v) is 8.97. The standard InChI is InChI=1S/C21H21N3O5/c1-27-17-7-6-16(12-19(17)29-14-15-4-2-9-22-13-15)24-20(25)8-10-23-21(26)18-5-3-11-28-18/h2-7,9,11-13H,8,10,14H2,1H3,(H,23,26)(H,24,25). The molecule has 0 unspecified atom stereocenters. The van der Waals surface area contributed by atoms with Gasteiger partial charge in [-0.15, -0.1) is 0 Å². The van der Waals surface area contributed by atoms with Gasteiger partial charge in [0.15, 0.2) is 17.3 Å². The number of carbonyl (C=O) groups is 2. The van der Waals surface area contributed by atoms with Crippen molar-refractivity contribution in [3.63, 3.8) is 0 Å². The predicted molar refractivity (Wildman–Crippen MR) is 106 cm³/mol. The molecule has 2 N–H and O–H groups in total. The van der Waals surface area contributed by atoms with Crippen molar-refractivity contribution in [3.05, 3.63) is 72.4 Å². The monoisotopic (exact) mass is 395 g/mol. The Balaban J connectivity index is 1.53. The lowest BCUT2D eigenvalue weighted by Gasteiger charge is -2.13. The van der Waals surface area contributed by atoms with Gasteiger partial charge in [0.2, 0.25) is 5.91 Å². The number of anilines is 1. The van der Waals surface area contributed by atoms with E-state index in [0.29, 0.717) is 23.8 Å². The van der Waals surface area contributed by atoms with Crippen LogP contribution in [0.2, 0.25) is 0 Å². The third-order valence-electron chi connectivity index (χ3n) is 3.95. The largest absolute Gasteiger partial charge is 0.493 e. The number of nitrogens with one attached hydrogen (secondary N) is 2. The highest BCUT2D eigenvalue weighted by atomic mass is 16.5. The molecule has 0 radical (unpaired) electrons. The van der Waals surface area contributed by atoms with Crippen molar-refractivity contribution in [2.45, 2.75) is 13.0 Å². The molecule has 150 valence electrons. The minimum Gasteiger partial charge on any atom is -0.493 e. The predicted octanol–water partition coefficient (Wildman–Crippen LogP) is 3.02. The van der Waals surface area contributed by atoms with Crippen LogP contribution >= 0.6 is 0 Å². The van der Waals surface area contributed by atoms with Crippen LogP contribution < -0.4 is 20.1 Å². The third kappa shape index (κ3) is 5.83. The Morgan fingerprint density at radius 2 is 2.03 bits per heavy atom. The number of aromatic nitrogens is 1. The van der Waals surface area contributed by atoms with Gasteiger partial charge in [-0.05, 0) is 30.3 Å². The third-order valence-corrected chi connectivity index (χ3v) is 3.95. The van der Waals surface area contributed by atoms with E-state index in [2.05, 4.69) is 15.6 Å². The van der Waals surface area contributed by atoms with Crippen molar-refractivity contribution >= 4 is 17.5 Å². The molecule has 2 amide bonds. The lowest BCUT2D eigenvalue weighted by atomic mass is 10.2. The number of carbonyl (C=O) groups excluding carboxylic acids is 2. The molecule has 0 atom stereocenters. The molecule has 0 aliphatic rings. The summed E-state index contributed by atoms with van der Waals surface area (Å²) in [5.41, 5.74) is 1.48. The smallest absolute Gasteiger partial charge is 0.286 e. The number of hydrogen-bond donors (Lipinski definition) is 2. The van der Waals surface area contributed by atoms with E-state index in [-0.39, 0.29) is 30.5 Å². The van der Waals surface area contributed by atoms with E-state index < -0.39 is 0 Å². The molecule has 0 fully saturated rings. The van der Waals surface area contributed by atoms with Crippen LogP contribution in [0, 0.1) is 0 Å². The first-order valence-electron chi connectivity index (χ1n) is 8.97. The summed E-state index contributed by atoms with van der Waals surface area (Å²) in [5, 5.41) is 5.40. The summed E-state index contributed by atoms with van der Waals surface area (Å²) in [7, 11) is 1.55. The molecule has 0 bridgehead atoms. The van der Waals surface area contributed by atoms with Gasteiger partial charge in [0.25, 0.3) is 5.91 Å². The molecule has 2 heterocycles. The molecule has 29 heavy (non-hydrogen) atoms. The lowest BCUT2D eigenvalue weighted by Crippen LogP contribution is -2.27. The Kier molecular flexibility index (Phi) is 6.83. The fourth-order valence-corrected chi connectivity index (χ4v) is 2.52. The summed E-state index contributed by atoms with van der Waals surface area (Å²) in [6.07, 6.45) is 4.94. The average molecular weight is 395 g/mol.